The first-order chi connectivity index (χ1) is 14.8. The number of para-hydroxylation sites is 1. The van der Waals surface area contributed by atoms with Gasteiger partial charge >= 0.3 is 0 Å². The normalized spacial score (nSPS) is 11.8. The summed E-state index contributed by atoms with van der Waals surface area (Å²) in [6.07, 6.45) is 5.80. The van der Waals surface area contributed by atoms with Gasteiger partial charge in [-0.3, -0.25) is 4.79 Å². The molecule has 0 aliphatic heterocycles. The van der Waals surface area contributed by atoms with Crippen molar-refractivity contribution in [3.8, 4) is 29.6 Å². The maximum atomic E-state index is 13.3. The van der Waals surface area contributed by atoms with Crippen molar-refractivity contribution in [1.82, 2.24) is 5.48 Å². The van der Waals surface area contributed by atoms with Gasteiger partial charge in [-0.15, -0.1) is 6.42 Å². The number of hydrogen-bond donors (Lipinski definition) is 1. The number of carbonyl (C=O) groups is 1. The van der Waals surface area contributed by atoms with Crippen LogP contribution in [0.2, 0.25) is 5.02 Å². The van der Waals surface area contributed by atoms with Gasteiger partial charge in [-0.05, 0) is 55.8 Å². The molecule has 0 spiro atoms. The minimum atomic E-state index is -1.02. The molecule has 1 unspecified atom stereocenters. The molecule has 3 aromatic carbocycles. The average molecular weight is 438 g/mol. The summed E-state index contributed by atoms with van der Waals surface area (Å²) in [5, 5.41) is -0.109. The highest BCUT2D eigenvalue weighted by Gasteiger charge is 2.37. The van der Waals surface area contributed by atoms with Crippen molar-refractivity contribution in [3.63, 3.8) is 0 Å². The molecule has 4 nitrogen and oxygen atoms in total. The van der Waals surface area contributed by atoms with Gasteiger partial charge in [0.15, 0.2) is 5.75 Å². The molecule has 0 aliphatic carbocycles. The molecule has 158 valence electrons. The summed E-state index contributed by atoms with van der Waals surface area (Å²) in [5.41, 5.74) is 2.11. The van der Waals surface area contributed by atoms with Crippen molar-refractivity contribution in [2.45, 2.75) is 19.8 Å². The number of hydroxylamine groups is 1. The molecule has 0 saturated carbocycles. The zero-order chi connectivity index (χ0) is 22.4. The summed E-state index contributed by atoms with van der Waals surface area (Å²) in [6, 6.07) is 20.4. The van der Waals surface area contributed by atoms with E-state index in [9.17, 15) is 9.18 Å². The van der Waals surface area contributed by atoms with Gasteiger partial charge in [0, 0.05) is 6.07 Å². The molecule has 3 rings (SSSR count). The highest BCUT2D eigenvalue weighted by molar-refractivity contribution is 6.30. The Labute approximate surface area is 185 Å². The summed E-state index contributed by atoms with van der Waals surface area (Å²) < 4.78 is 19.2. The molecule has 1 N–H and O–H groups in total. The SMILES string of the molecule is C#CC(c1cccc(Oc2ccccc2)c1)C(C)(C)C(=O)NOc1ccc(F)c(Cl)c1. The second-order valence-electron chi connectivity index (χ2n) is 7.42. The van der Waals surface area contributed by atoms with Gasteiger partial charge in [0.2, 0.25) is 0 Å². The van der Waals surface area contributed by atoms with E-state index in [-0.39, 0.29) is 10.8 Å². The predicted molar refractivity (Wildman–Crippen MR) is 118 cm³/mol. The van der Waals surface area contributed by atoms with E-state index in [4.69, 9.17) is 27.6 Å². The summed E-state index contributed by atoms with van der Waals surface area (Å²) in [6.45, 7) is 3.44. The maximum absolute atomic E-state index is 13.3. The zero-order valence-corrected chi connectivity index (χ0v) is 17.8. The highest BCUT2D eigenvalue weighted by atomic mass is 35.5. The Morgan fingerprint density at radius 1 is 1.03 bits per heavy atom. The second kappa shape index (κ2) is 9.55. The lowest BCUT2D eigenvalue weighted by atomic mass is 9.75. The standard InChI is InChI=1S/C25H21ClFNO3/c1-4-21(17-9-8-12-19(15-17)30-18-10-6-5-7-11-18)25(2,3)24(29)28-31-20-13-14-23(27)22(26)16-20/h1,5-16,21H,2-3H3,(H,28,29). The average Bonchev–Trinajstić information content (AvgIpc) is 2.75. The minimum Gasteiger partial charge on any atom is -0.457 e. The number of ether oxygens (including phenoxy) is 1. The van der Waals surface area contributed by atoms with Crippen molar-refractivity contribution in [2.24, 2.45) is 5.41 Å². The molecule has 6 heteroatoms. The molecule has 0 bridgehead atoms. The fraction of sp³-hybridized carbons (Fsp3) is 0.160. The maximum Gasteiger partial charge on any atom is 0.259 e. The highest BCUT2D eigenvalue weighted by Crippen LogP contribution is 2.37. The van der Waals surface area contributed by atoms with Crippen LogP contribution in [0.3, 0.4) is 0 Å². The first-order valence-corrected chi connectivity index (χ1v) is 9.90. The molecule has 0 radical (unpaired) electrons. The summed E-state index contributed by atoms with van der Waals surface area (Å²) in [4.78, 5) is 18.1. The van der Waals surface area contributed by atoms with Crippen molar-refractivity contribution in [2.75, 3.05) is 0 Å². The first kappa shape index (κ1) is 22.2. The van der Waals surface area contributed by atoms with E-state index in [0.717, 1.165) is 11.6 Å². The number of amides is 1. The van der Waals surface area contributed by atoms with Gasteiger partial charge in [0.05, 0.1) is 16.4 Å². The van der Waals surface area contributed by atoms with Crippen LogP contribution < -0.4 is 15.1 Å². The van der Waals surface area contributed by atoms with Crippen LogP contribution in [0.4, 0.5) is 4.39 Å². The summed E-state index contributed by atoms with van der Waals surface area (Å²) >= 11 is 5.74. The third-order valence-corrected chi connectivity index (χ3v) is 5.09. The molecule has 3 aromatic rings. The lowest BCUT2D eigenvalue weighted by Gasteiger charge is -2.29. The van der Waals surface area contributed by atoms with E-state index in [2.05, 4.69) is 11.4 Å². The van der Waals surface area contributed by atoms with Gasteiger partial charge in [0.25, 0.3) is 5.91 Å². The molecule has 0 fully saturated rings. The predicted octanol–water partition coefficient (Wildman–Crippen LogP) is 6.12. The van der Waals surface area contributed by atoms with Crippen molar-refractivity contribution >= 4 is 17.5 Å². The Hall–Kier alpha value is -3.49. The number of benzene rings is 3. The van der Waals surface area contributed by atoms with Crippen LogP contribution in [0.5, 0.6) is 17.2 Å². The Morgan fingerprint density at radius 2 is 1.74 bits per heavy atom. The molecule has 0 aromatic heterocycles. The third-order valence-electron chi connectivity index (χ3n) is 4.80. The number of terminal acetylenes is 1. The third kappa shape index (κ3) is 5.36. The molecular weight excluding hydrogens is 417 g/mol. The van der Waals surface area contributed by atoms with Crippen molar-refractivity contribution in [3.05, 3.63) is 89.2 Å². The fourth-order valence-electron chi connectivity index (χ4n) is 3.01. The lowest BCUT2D eigenvalue weighted by Crippen LogP contribution is -2.42. The van der Waals surface area contributed by atoms with Gasteiger partial charge in [-0.25, -0.2) is 4.39 Å². The number of hydrogen-bond acceptors (Lipinski definition) is 3. The number of nitrogens with one attached hydrogen (secondary N) is 1. The number of rotatable bonds is 7. The minimum absolute atomic E-state index is 0.109. The molecule has 0 saturated heterocycles. The second-order valence-corrected chi connectivity index (χ2v) is 7.83. The van der Waals surface area contributed by atoms with Crippen LogP contribution in [-0.2, 0) is 4.79 Å². The quantitative estimate of drug-likeness (QED) is 0.357. The van der Waals surface area contributed by atoms with E-state index in [0.29, 0.717) is 11.5 Å². The topological polar surface area (TPSA) is 47.6 Å². The van der Waals surface area contributed by atoms with E-state index in [1.54, 1.807) is 13.8 Å². The van der Waals surface area contributed by atoms with Crippen LogP contribution in [0, 0.1) is 23.6 Å². The Bertz CT molecular complexity index is 1110. The van der Waals surface area contributed by atoms with Crippen LogP contribution in [-0.4, -0.2) is 5.91 Å². The molecule has 31 heavy (non-hydrogen) atoms. The summed E-state index contributed by atoms with van der Waals surface area (Å²) in [7, 11) is 0. The van der Waals surface area contributed by atoms with E-state index in [1.807, 2.05) is 54.6 Å². The van der Waals surface area contributed by atoms with Gasteiger partial charge < -0.3 is 9.57 Å². The lowest BCUT2D eigenvalue weighted by molar-refractivity contribution is -0.136. The molecule has 0 heterocycles. The Kier molecular flexibility index (Phi) is 6.84. The smallest absolute Gasteiger partial charge is 0.259 e. The number of halogens is 2. The zero-order valence-electron chi connectivity index (χ0n) is 17.1. The number of carbonyl (C=O) groups excluding carboxylic acids is 1. The van der Waals surface area contributed by atoms with Gasteiger partial charge in [-0.2, -0.15) is 5.48 Å². The largest absolute Gasteiger partial charge is 0.457 e. The van der Waals surface area contributed by atoms with Gasteiger partial charge in [0.1, 0.15) is 17.3 Å². The fourth-order valence-corrected chi connectivity index (χ4v) is 3.18. The Balaban J connectivity index is 1.75. The summed E-state index contributed by atoms with van der Waals surface area (Å²) in [5.74, 6) is 2.63. The monoisotopic (exact) mass is 437 g/mol. The molecule has 1 atom stereocenters. The Morgan fingerprint density at radius 3 is 2.42 bits per heavy atom. The molecular formula is C25H21ClFNO3. The van der Waals surface area contributed by atoms with Crippen LogP contribution >= 0.6 is 11.6 Å². The van der Waals surface area contributed by atoms with Crippen molar-refractivity contribution < 1.29 is 18.8 Å². The van der Waals surface area contributed by atoms with Crippen LogP contribution in [0.15, 0.2) is 72.8 Å². The van der Waals surface area contributed by atoms with E-state index in [1.165, 1.54) is 12.1 Å². The van der Waals surface area contributed by atoms with Crippen LogP contribution in [0.25, 0.3) is 0 Å². The molecule has 0 aliphatic rings. The van der Waals surface area contributed by atoms with E-state index >= 15 is 0 Å². The van der Waals surface area contributed by atoms with E-state index < -0.39 is 23.1 Å². The van der Waals surface area contributed by atoms with Gasteiger partial charge in [-0.1, -0.05) is 47.9 Å². The molecule has 1 amide bonds. The first-order valence-electron chi connectivity index (χ1n) is 9.52. The van der Waals surface area contributed by atoms with Crippen LogP contribution in [0.1, 0.15) is 25.3 Å². The van der Waals surface area contributed by atoms with Crippen molar-refractivity contribution in [1.29, 1.82) is 0 Å².